The van der Waals surface area contributed by atoms with E-state index in [9.17, 15) is 5.11 Å². The molecule has 1 aliphatic carbocycles. The van der Waals surface area contributed by atoms with Gasteiger partial charge in [-0.15, -0.1) is 0 Å². The van der Waals surface area contributed by atoms with Crippen LogP contribution >= 0.6 is 0 Å². The molecule has 1 unspecified atom stereocenters. The minimum absolute atomic E-state index is 0.836. The molecule has 0 saturated heterocycles. The lowest BCUT2D eigenvalue weighted by Crippen LogP contribution is -2.23. The molecule has 18 heavy (non-hydrogen) atoms. The number of aryl methyl sites for hydroxylation is 2. The Morgan fingerprint density at radius 1 is 1.11 bits per heavy atom. The first kappa shape index (κ1) is 11.4. The van der Waals surface area contributed by atoms with Crippen LogP contribution in [0.4, 0.5) is 0 Å². The molecule has 2 nitrogen and oxygen atoms in total. The van der Waals surface area contributed by atoms with Crippen molar-refractivity contribution >= 4 is 0 Å². The molecule has 0 aliphatic heterocycles. The summed E-state index contributed by atoms with van der Waals surface area (Å²) in [6.07, 6.45) is 6.99. The van der Waals surface area contributed by atoms with Gasteiger partial charge in [-0.05, 0) is 48.9 Å². The van der Waals surface area contributed by atoms with E-state index in [1.807, 2.05) is 25.1 Å². The number of rotatable bonds is 2. The number of fused-ring (bicyclic) bond motifs is 1. The van der Waals surface area contributed by atoms with E-state index in [0.29, 0.717) is 0 Å². The standard InChI is InChI=1S/C16H17NO/c1-16(18,15-6-3-9-17-11-15)14-8-7-12-4-2-5-13(12)10-14/h3,6-11,18H,2,4-5H2,1H3. The van der Waals surface area contributed by atoms with E-state index in [1.165, 1.54) is 24.0 Å². The summed E-state index contributed by atoms with van der Waals surface area (Å²) in [6.45, 7) is 1.83. The molecule has 1 heterocycles. The second-order valence-electron chi connectivity index (χ2n) is 5.15. The number of aromatic nitrogens is 1. The van der Waals surface area contributed by atoms with E-state index in [2.05, 4.69) is 17.1 Å². The molecular formula is C16H17NO. The molecule has 0 spiro atoms. The van der Waals surface area contributed by atoms with Crippen molar-refractivity contribution in [1.82, 2.24) is 4.98 Å². The van der Waals surface area contributed by atoms with Gasteiger partial charge in [0, 0.05) is 18.0 Å². The van der Waals surface area contributed by atoms with Crippen molar-refractivity contribution in [1.29, 1.82) is 0 Å². The van der Waals surface area contributed by atoms with Gasteiger partial charge in [0.2, 0.25) is 0 Å². The van der Waals surface area contributed by atoms with Crippen molar-refractivity contribution < 1.29 is 5.11 Å². The molecule has 0 bridgehead atoms. The topological polar surface area (TPSA) is 33.1 Å². The van der Waals surface area contributed by atoms with Gasteiger partial charge in [0.05, 0.1) is 0 Å². The van der Waals surface area contributed by atoms with Crippen LogP contribution in [0.1, 0.15) is 35.6 Å². The van der Waals surface area contributed by atoms with E-state index < -0.39 is 5.60 Å². The summed E-state index contributed by atoms with van der Waals surface area (Å²) in [5, 5.41) is 10.7. The van der Waals surface area contributed by atoms with Gasteiger partial charge in [0.15, 0.2) is 0 Å². The molecule has 1 atom stereocenters. The molecular weight excluding hydrogens is 222 g/mol. The lowest BCUT2D eigenvalue weighted by Gasteiger charge is -2.24. The molecule has 0 fully saturated rings. The highest BCUT2D eigenvalue weighted by Crippen LogP contribution is 2.32. The predicted octanol–water partition coefficient (Wildman–Crippen LogP) is 2.83. The lowest BCUT2D eigenvalue weighted by molar-refractivity contribution is 0.102. The maximum atomic E-state index is 10.7. The normalized spacial score (nSPS) is 17.2. The number of hydrogen-bond acceptors (Lipinski definition) is 2. The third-order valence-electron chi connectivity index (χ3n) is 3.88. The number of nitrogens with zero attached hydrogens (tertiary/aromatic N) is 1. The van der Waals surface area contributed by atoms with Crippen LogP contribution < -0.4 is 0 Å². The third-order valence-corrected chi connectivity index (χ3v) is 3.88. The first-order valence-electron chi connectivity index (χ1n) is 6.43. The molecule has 0 saturated carbocycles. The van der Waals surface area contributed by atoms with Crippen LogP contribution in [0.2, 0.25) is 0 Å². The average Bonchev–Trinajstić information content (AvgIpc) is 2.87. The van der Waals surface area contributed by atoms with Gasteiger partial charge in [0.1, 0.15) is 5.60 Å². The fraction of sp³-hybridized carbons (Fsp3) is 0.312. The zero-order chi connectivity index (χ0) is 12.6. The second kappa shape index (κ2) is 4.21. The Labute approximate surface area is 107 Å². The molecule has 3 rings (SSSR count). The summed E-state index contributed by atoms with van der Waals surface area (Å²) in [4.78, 5) is 4.09. The number of pyridine rings is 1. The Morgan fingerprint density at radius 3 is 2.72 bits per heavy atom. The Balaban J connectivity index is 2.04. The highest BCUT2D eigenvalue weighted by molar-refractivity contribution is 5.41. The number of benzene rings is 1. The van der Waals surface area contributed by atoms with Crippen molar-refractivity contribution in [3.63, 3.8) is 0 Å². The van der Waals surface area contributed by atoms with E-state index in [0.717, 1.165) is 17.5 Å². The molecule has 1 aromatic heterocycles. The highest BCUT2D eigenvalue weighted by atomic mass is 16.3. The lowest BCUT2D eigenvalue weighted by atomic mass is 9.87. The van der Waals surface area contributed by atoms with E-state index >= 15 is 0 Å². The Morgan fingerprint density at radius 2 is 1.94 bits per heavy atom. The minimum atomic E-state index is -0.966. The van der Waals surface area contributed by atoms with Gasteiger partial charge in [-0.1, -0.05) is 24.3 Å². The monoisotopic (exact) mass is 239 g/mol. The van der Waals surface area contributed by atoms with Crippen LogP contribution in [0.5, 0.6) is 0 Å². The Bertz CT molecular complexity index is 561. The van der Waals surface area contributed by atoms with Gasteiger partial charge in [-0.3, -0.25) is 4.98 Å². The third kappa shape index (κ3) is 1.83. The van der Waals surface area contributed by atoms with Crippen molar-refractivity contribution in [2.45, 2.75) is 31.8 Å². The first-order valence-corrected chi connectivity index (χ1v) is 6.43. The predicted molar refractivity (Wildman–Crippen MR) is 71.4 cm³/mol. The van der Waals surface area contributed by atoms with E-state index in [4.69, 9.17) is 0 Å². The summed E-state index contributed by atoms with van der Waals surface area (Å²) in [5.41, 5.74) is 3.64. The first-order chi connectivity index (χ1) is 8.68. The van der Waals surface area contributed by atoms with E-state index in [1.54, 1.807) is 12.4 Å². The molecule has 1 N–H and O–H groups in total. The SMILES string of the molecule is CC(O)(c1cccnc1)c1ccc2c(c1)CCC2. The molecule has 0 radical (unpaired) electrons. The molecule has 0 amide bonds. The fourth-order valence-corrected chi connectivity index (χ4v) is 2.69. The molecule has 2 aromatic rings. The maximum absolute atomic E-state index is 10.7. The highest BCUT2D eigenvalue weighted by Gasteiger charge is 2.27. The molecule has 1 aliphatic rings. The molecule has 2 heteroatoms. The van der Waals surface area contributed by atoms with Gasteiger partial charge >= 0.3 is 0 Å². The zero-order valence-electron chi connectivity index (χ0n) is 10.6. The molecule has 1 aromatic carbocycles. The number of hydrogen-bond donors (Lipinski definition) is 1. The molecule has 92 valence electrons. The van der Waals surface area contributed by atoms with Crippen molar-refractivity contribution in [3.8, 4) is 0 Å². The zero-order valence-corrected chi connectivity index (χ0v) is 10.6. The van der Waals surface area contributed by atoms with Crippen molar-refractivity contribution in [2.75, 3.05) is 0 Å². The van der Waals surface area contributed by atoms with Crippen LogP contribution in [0.25, 0.3) is 0 Å². The quantitative estimate of drug-likeness (QED) is 0.874. The van der Waals surface area contributed by atoms with Crippen LogP contribution in [-0.2, 0) is 18.4 Å². The van der Waals surface area contributed by atoms with Crippen molar-refractivity contribution in [2.24, 2.45) is 0 Å². The average molecular weight is 239 g/mol. The minimum Gasteiger partial charge on any atom is -0.381 e. The van der Waals surface area contributed by atoms with Crippen LogP contribution in [0, 0.1) is 0 Å². The summed E-state index contributed by atoms with van der Waals surface area (Å²) >= 11 is 0. The summed E-state index contributed by atoms with van der Waals surface area (Å²) in [5.74, 6) is 0. The van der Waals surface area contributed by atoms with Crippen molar-refractivity contribution in [3.05, 3.63) is 65.0 Å². The summed E-state index contributed by atoms with van der Waals surface area (Å²) < 4.78 is 0. The number of aliphatic hydroxyl groups is 1. The van der Waals surface area contributed by atoms with Gasteiger partial charge < -0.3 is 5.11 Å². The smallest absolute Gasteiger partial charge is 0.113 e. The largest absolute Gasteiger partial charge is 0.381 e. The summed E-state index contributed by atoms with van der Waals surface area (Å²) in [7, 11) is 0. The van der Waals surface area contributed by atoms with Crippen LogP contribution in [0.3, 0.4) is 0 Å². The van der Waals surface area contributed by atoms with Gasteiger partial charge in [-0.2, -0.15) is 0 Å². The second-order valence-corrected chi connectivity index (χ2v) is 5.15. The van der Waals surface area contributed by atoms with Gasteiger partial charge in [0.25, 0.3) is 0 Å². The van der Waals surface area contributed by atoms with Crippen LogP contribution in [-0.4, -0.2) is 10.1 Å². The van der Waals surface area contributed by atoms with Gasteiger partial charge in [-0.25, -0.2) is 0 Å². The maximum Gasteiger partial charge on any atom is 0.113 e. The fourth-order valence-electron chi connectivity index (χ4n) is 2.69. The Kier molecular flexibility index (Phi) is 2.67. The summed E-state index contributed by atoms with van der Waals surface area (Å²) in [6, 6.07) is 10.1. The van der Waals surface area contributed by atoms with E-state index in [-0.39, 0.29) is 0 Å². The van der Waals surface area contributed by atoms with Crippen LogP contribution in [0.15, 0.2) is 42.7 Å². The Hall–Kier alpha value is -1.67.